The first-order chi connectivity index (χ1) is 11.5. The number of nitrogens with one attached hydrogen (secondary N) is 2. The van der Waals surface area contributed by atoms with Crippen LogP contribution in [-0.4, -0.2) is 29.8 Å². The van der Waals surface area contributed by atoms with E-state index in [4.69, 9.17) is 35.9 Å². The standard InChI is InChI=1S/C14H14N8S2/c15-11-5-7-21(19-11)13(23)17-9-1-2-10(4-3-9)18-14(24)22-8-6-12(16)20-22/h1-8H,(H2,15,19)(H2,16,20)(H,17,23)(H,18,24). The first-order valence-electron chi connectivity index (χ1n) is 6.86. The lowest BCUT2D eigenvalue weighted by Gasteiger charge is -2.10. The van der Waals surface area contributed by atoms with Crippen LogP contribution in [0.3, 0.4) is 0 Å². The molecule has 2 heterocycles. The summed E-state index contributed by atoms with van der Waals surface area (Å²) in [6.07, 6.45) is 3.38. The molecule has 1 aromatic carbocycles. The van der Waals surface area contributed by atoms with Crippen molar-refractivity contribution in [3.63, 3.8) is 0 Å². The second-order valence-corrected chi connectivity index (χ2v) is 5.58. The van der Waals surface area contributed by atoms with Gasteiger partial charge in [0, 0.05) is 35.9 Å². The number of aromatic nitrogens is 4. The van der Waals surface area contributed by atoms with Gasteiger partial charge in [-0.05, 0) is 48.7 Å². The molecule has 10 heteroatoms. The number of nitrogens with two attached hydrogens (primary N) is 2. The van der Waals surface area contributed by atoms with Gasteiger partial charge in [0.15, 0.2) is 10.2 Å². The van der Waals surface area contributed by atoms with E-state index in [2.05, 4.69) is 20.8 Å². The van der Waals surface area contributed by atoms with Crippen LogP contribution in [0.5, 0.6) is 0 Å². The summed E-state index contributed by atoms with van der Waals surface area (Å²) in [4.78, 5) is 0. The highest BCUT2D eigenvalue weighted by Gasteiger charge is 2.05. The first-order valence-corrected chi connectivity index (χ1v) is 7.68. The molecule has 0 amide bonds. The number of nitrogen functional groups attached to an aromatic ring is 2. The zero-order chi connectivity index (χ0) is 17.1. The molecule has 8 nitrogen and oxygen atoms in total. The molecule has 0 aliphatic heterocycles. The Morgan fingerprint density at radius 2 is 1.12 bits per heavy atom. The third kappa shape index (κ3) is 3.67. The van der Waals surface area contributed by atoms with Gasteiger partial charge in [0.25, 0.3) is 0 Å². The Morgan fingerprint density at radius 3 is 1.42 bits per heavy atom. The molecular weight excluding hydrogens is 344 g/mol. The van der Waals surface area contributed by atoms with E-state index in [-0.39, 0.29) is 0 Å². The SMILES string of the molecule is Nc1ccn(C(=S)Nc2ccc(NC(=S)n3ccc(N)n3)cc2)n1. The Balaban J connectivity index is 1.63. The second-order valence-electron chi connectivity index (χ2n) is 4.81. The number of thiocarbonyl (C=S) groups is 2. The van der Waals surface area contributed by atoms with E-state index in [1.54, 1.807) is 24.5 Å². The fourth-order valence-electron chi connectivity index (χ4n) is 1.90. The van der Waals surface area contributed by atoms with E-state index in [0.29, 0.717) is 21.9 Å². The fraction of sp³-hybridized carbons (Fsp3) is 0. The van der Waals surface area contributed by atoms with E-state index >= 15 is 0 Å². The van der Waals surface area contributed by atoms with Crippen molar-refractivity contribution in [2.75, 3.05) is 22.1 Å². The molecule has 0 aliphatic carbocycles. The van der Waals surface area contributed by atoms with Crippen molar-refractivity contribution >= 4 is 57.7 Å². The predicted molar refractivity (Wildman–Crippen MR) is 103 cm³/mol. The van der Waals surface area contributed by atoms with Crippen LogP contribution in [0.2, 0.25) is 0 Å². The van der Waals surface area contributed by atoms with Crippen LogP contribution in [0.15, 0.2) is 48.8 Å². The van der Waals surface area contributed by atoms with Crippen molar-refractivity contribution in [1.29, 1.82) is 0 Å². The number of benzene rings is 1. The van der Waals surface area contributed by atoms with Crippen molar-refractivity contribution in [1.82, 2.24) is 19.6 Å². The van der Waals surface area contributed by atoms with Crippen LogP contribution in [0.25, 0.3) is 0 Å². The Morgan fingerprint density at radius 1 is 0.750 bits per heavy atom. The molecule has 0 saturated carbocycles. The Labute approximate surface area is 148 Å². The van der Waals surface area contributed by atoms with Crippen LogP contribution in [-0.2, 0) is 0 Å². The summed E-state index contributed by atoms with van der Waals surface area (Å²) in [5.74, 6) is 0.818. The third-order valence-electron chi connectivity index (χ3n) is 3.02. The maximum Gasteiger partial charge on any atom is 0.198 e. The van der Waals surface area contributed by atoms with Crippen molar-refractivity contribution < 1.29 is 0 Å². The van der Waals surface area contributed by atoms with Gasteiger partial charge in [0.05, 0.1) is 0 Å². The highest BCUT2D eigenvalue weighted by Crippen LogP contribution is 2.14. The van der Waals surface area contributed by atoms with Gasteiger partial charge in [-0.2, -0.15) is 0 Å². The molecule has 0 bridgehead atoms. The minimum absolute atomic E-state index is 0.409. The van der Waals surface area contributed by atoms with Crippen LogP contribution in [0.4, 0.5) is 23.0 Å². The second kappa shape index (κ2) is 6.64. The summed E-state index contributed by atoms with van der Waals surface area (Å²) in [7, 11) is 0. The van der Waals surface area contributed by atoms with Gasteiger partial charge in [0.1, 0.15) is 11.6 Å². The van der Waals surface area contributed by atoms with Crippen molar-refractivity contribution in [3.05, 3.63) is 48.8 Å². The molecule has 122 valence electrons. The lowest BCUT2D eigenvalue weighted by Crippen LogP contribution is -2.20. The van der Waals surface area contributed by atoms with Crippen LogP contribution < -0.4 is 22.1 Å². The number of hydrogen-bond acceptors (Lipinski definition) is 6. The van der Waals surface area contributed by atoms with Gasteiger partial charge in [-0.1, -0.05) is 0 Å². The smallest absolute Gasteiger partial charge is 0.198 e. The Kier molecular flexibility index (Phi) is 4.40. The number of anilines is 4. The Bertz CT molecular complexity index is 807. The summed E-state index contributed by atoms with van der Waals surface area (Å²) >= 11 is 10.5. The molecule has 0 unspecified atom stereocenters. The highest BCUT2D eigenvalue weighted by atomic mass is 32.1. The quantitative estimate of drug-likeness (QED) is 0.513. The summed E-state index contributed by atoms with van der Waals surface area (Å²) in [5, 5.41) is 15.1. The van der Waals surface area contributed by atoms with Gasteiger partial charge in [0.2, 0.25) is 0 Å². The maximum atomic E-state index is 5.57. The molecule has 24 heavy (non-hydrogen) atoms. The molecule has 0 spiro atoms. The largest absolute Gasteiger partial charge is 0.382 e. The fourth-order valence-corrected chi connectivity index (χ4v) is 2.34. The molecule has 3 rings (SSSR count). The van der Waals surface area contributed by atoms with E-state index in [9.17, 15) is 0 Å². The normalized spacial score (nSPS) is 10.3. The average molecular weight is 358 g/mol. The zero-order valence-electron chi connectivity index (χ0n) is 12.4. The maximum absolute atomic E-state index is 5.57. The predicted octanol–water partition coefficient (Wildman–Crippen LogP) is 1.73. The molecule has 3 aromatic rings. The molecule has 0 atom stereocenters. The number of rotatable bonds is 2. The van der Waals surface area contributed by atoms with Gasteiger partial charge >= 0.3 is 0 Å². The number of nitrogens with zero attached hydrogens (tertiary/aromatic N) is 4. The molecule has 2 aromatic heterocycles. The van der Waals surface area contributed by atoms with Crippen molar-refractivity contribution in [3.8, 4) is 0 Å². The van der Waals surface area contributed by atoms with E-state index < -0.39 is 0 Å². The zero-order valence-corrected chi connectivity index (χ0v) is 14.0. The van der Waals surface area contributed by atoms with Gasteiger partial charge in [-0.25, -0.2) is 9.36 Å². The minimum Gasteiger partial charge on any atom is -0.382 e. The van der Waals surface area contributed by atoms with Crippen LogP contribution in [0.1, 0.15) is 0 Å². The van der Waals surface area contributed by atoms with Gasteiger partial charge in [-0.3, -0.25) is 0 Å². The van der Waals surface area contributed by atoms with Crippen LogP contribution >= 0.6 is 24.4 Å². The summed E-state index contributed by atoms with van der Waals surface area (Å²) in [5.41, 5.74) is 12.8. The molecule has 6 N–H and O–H groups in total. The van der Waals surface area contributed by atoms with E-state index in [1.807, 2.05) is 24.3 Å². The summed E-state index contributed by atoms with van der Waals surface area (Å²) in [6.45, 7) is 0. The average Bonchev–Trinajstić information content (AvgIpc) is 3.18. The van der Waals surface area contributed by atoms with E-state index in [1.165, 1.54) is 9.36 Å². The Hall–Kier alpha value is -2.98. The van der Waals surface area contributed by atoms with Gasteiger partial charge < -0.3 is 22.1 Å². The molecular formula is C14H14N8S2. The van der Waals surface area contributed by atoms with Crippen molar-refractivity contribution in [2.24, 2.45) is 0 Å². The lowest BCUT2D eigenvalue weighted by atomic mass is 10.3. The first kappa shape index (κ1) is 15.9. The van der Waals surface area contributed by atoms with E-state index in [0.717, 1.165) is 11.4 Å². The van der Waals surface area contributed by atoms with Crippen molar-refractivity contribution in [2.45, 2.75) is 0 Å². The summed E-state index contributed by atoms with van der Waals surface area (Å²) < 4.78 is 2.99. The lowest BCUT2D eigenvalue weighted by molar-refractivity contribution is 0.953. The molecule has 0 radical (unpaired) electrons. The third-order valence-corrected chi connectivity index (χ3v) is 3.60. The van der Waals surface area contributed by atoms with Crippen LogP contribution in [0, 0.1) is 0 Å². The monoisotopic (exact) mass is 358 g/mol. The highest BCUT2D eigenvalue weighted by molar-refractivity contribution is 7.80. The molecule has 0 saturated heterocycles. The summed E-state index contributed by atoms with van der Waals surface area (Å²) in [6, 6.07) is 10.8. The number of hydrogen-bond donors (Lipinski definition) is 4. The molecule has 0 fully saturated rings. The minimum atomic E-state index is 0.409. The molecule has 0 aliphatic rings. The van der Waals surface area contributed by atoms with Gasteiger partial charge in [-0.15, -0.1) is 10.2 Å². The topological polar surface area (TPSA) is 112 Å².